The summed E-state index contributed by atoms with van der Waals surface area (Å²) >= 11 is 0. The molecule has 1 aliphatic rings. The maximum Gasteiger partial charge on any atom is 0.346 e. The molecule has 0 saturated heterocycles. The minimum Gasteiger partial charge on any atom is -0.674 e. The van der Waals surface area contributed by atoms with Crippen LogP contribution in [0.5, 0.6) is 0 Å². The van der Waals surface area contributed by atoms with Crippen molar-refractivity contribution >= 4 is 23.3 Å². The van der Waals surface area contributed by atoms with E-state index in [9.17, 15) is 43.9 Å². The first-order valence-electron chi connectivity index (χ1n) is 8.80. The Balaban J connectivity index is 2.09. The Labute approximate surface area is 177 Å². The van der Waals surface area contributed by atoms with Crippen molar-refractivity contribution in [3.63, 3.8) is 0 Å². The Hall–Kier alpha value is -3.71. The molecule has 1 N–H and O–H groups in total. The van der Waals surface area contributed by atoms with Crippen molar-refractivity contribution in [3.8, 4) is 0 Å². The summed E-state index contributed by atoms with van der Waals surface area (Å²) in [5.74, 6) is -26.7. The molecule has 0 aromatic heterocycles. The Bertz CT molecular complexity index is 1200. The van der Waals surface area contributed by atoms with E-state index in [-0.39, 0.29) is 5.56 Å². The molecule has 0 fully saturated rings. The van der Waals surface area contributed by atoms with Gasteiger partial charge >= 0.3 is 6.48 Å². The third kappa shape index (κ3) is 3.11. The summed E-state index contributed by atoms with van der Waals surface area (Å²) in [6, 6.07) is 6.82. The number of nitrogens with one attached hydrogen (secondary N) is 1. The summed E-state index contributed by atoms with van der Waals surface area (Å²) in [5.41, 5.74) is -4.07. The zero-order valence-corrected chi connectivity index (χ0v) is 15.6. The van der Waals surface area contributed by atoms with Crippen LogP contribution in [0.1, 0.15) is 5.56 Å². The molecule has 0 spiro atoms. The molecule has 33 heavy (non-hydrogen) atoms. The minimum atomic E-state index is -4.60. The summed E-state index contributed by atoms with van der Waals surface area (Å²) in [6.07, 6.45) is 0. The predicted molar refractivity (Wildman–Crippen MR) is 94.7 cm³/mol. The van der Waals surface area contributed by atoms with Gasteiger partial charge < -0.3 is 9.99 Å². The second kappa shape index (κ2) is 7.71. The van der Waals surface area contributed by atoms with E-state index in [0.717, 1.165) is 0 Å². The van der Waals surface area contributed by atoms with E-state index in [0.29, 0.717) is 0 Å². The average Bonchev–Trinajstić information content (AvgIpc) is 3.25. The fourth-order valence-electron chi connectivity index (χ4n) is 3.43. The van der Waals surface area contributed by atoms with Crippen LogP contribution in [0.2, 0.25) is 0 Å². The first-order chi connectivity index (χ1) is 15.5. The number of halogens is 10. The van der Waals surface area contributed by atoms with Crippen LogP contribution < -0.4 is 16.3 Å². The number of hydrogen-bond donors (Lipinski definition) is 1. The molecule has 14 heteroatoms. The quantitative estimate of drug-likeness (QED) is 0.270. The Morgan fingerprint density at radius 2 is 0.909 bits per heavy atom. The largest absolute Gasteiger partial charge is 0.674 e. The molecule has 3 aromatic rings. The number of nitrogens with zero attached hydrogens (tertiary/aromatic N) is 1. The minimum absolute atomic E-state index is 0.0264. The van der Waals surface area contributed by atoms with E-state index in [1.54, 1.807) is 5.34 Å². The van der Waals surface area contributed by atoms with Gasteiger partial charge in [0.1, 0.15) is 23.3 Å². The van der Waals surface area contributed by atoms with Gasteiger partial charge in [-0.1, -0.05) is 29.1 Å². The molecule has 0 aliphatic carbocycles. The van der Waals surface area contributed by atoms with Gasteiger partial charge in [-0.05, 0) is 12.1 Å². The van der Waals surface area contributed by atoms with Crippen molar-refractivity contribution in [1.82, 2.24) is 5.34 Å². The highest BCUT2D eigenvalue weighted by atomic mass is 19.2. The lowest BCUT2D eigenvalue weighted by Gasteiger charge is -2.38. The molecule has 3 aromatic carbocycles. The lowest BCUT2D eigenvalue weighted by molar-refractivity contribution is 0.377. The lowest BCUT2D eigenvalue weighted by atomic mass is 9.41. The SMILES string of the molecule is Fc1c(F)c(F)c([B-]2(c3c(F)c(F)c(F)c(F)c3F)NN=C(c3ccccc3)O2)c(F)c1F. The Morgan fingerprint density at radius 3 is 1.30 bits per heavy atom. The van der Waals surface area contributed by atoms with Crippen LogP contribution in [0.4, 0.5) is 43.9 Å². The van der Waals surface area contributed by atoms with Crippen LogP contribution in [-0.2, 0) is 4.65 Å². The molecule has 4 rings (SSSR count). The van der Waals surface area contributed by atoms with Crippen LogP contribution in [0.15, 0.2) is 35.4 Å². The van der Waals surface area contributed by atoms with E-state index in [1.165, 1.54) is 30.3 Å². The third-order valence-corrected chi connectivity index (χ3v) is 4.96. The summed E-state index contributed by atoms with van der Waals surface area (Å²) in [5, 5.41) is 5.19. The van der Waals surface area contributed by atoms with Crippen molar-refractivity contribution in [2.45, 2.75) is 0 Å². The second-order valence-corrected chi connectivity index (χ2v) is 6.78. The highest BCUT2D eigenvalue weighted by Gasteiger charge is 2.49. The summed E-state index contributed by atoms with van der Waals surface area (Å²) in [7, 11) is 0. The second-order valence-electron chi connectivity index (χ2n) is 6.78. The van der Waals surface area contributed by atoms with E-state index >= 15 is 0 Å². The predicted octanol–water partition coefficient (Wildman–Crippen LogP) is 3.62. The zero-order valence-electron chi connectivity index (χ0n) is 15.6. The van der Waals surface area contributed by atoms with Gasteiger partial charge in [0, 0.05) is 5.56 Å². The lowest BCUT2D eigenvalue weighted by Crippen LogP contribution is -2.71. The van der Waals surface area contributed by atoms with E-state index in [4.69, 9.17) is 4.65 Å². The zero-order chi connectivity index (χ0) is 24.2. The summed E-state index contributed by atoms with van der Waals surface area (Å²) in [4.78, 5) is 0. The topological polar surface area (TPSA) is 33.6 Å². The van der Waals surface area contributed by atoms with Gasteiger partial charge in [0.25, 0.3) is 0 Å². The van der Waals surface area contributed by atoms with Gasteiger partial charge in [-0.2, -0.15) is 5.10 Å². The van der Waals surface area contributed by atoms with Crippen molar-refractivity contribution < 1.29 is 48.6 Å². The third-order valence-electron chi connectivity index (χ3n) is 4.96. The fraction of sp³-hybridized carbons (Fsp3) is 0. The molecule has 0 saturated carbocycles. The van der Waals surface area contributed by atoms with E-state index < -0.39 is 81.5 Å². The monoisotopic (exact) mass is 479 g/mol. The molecule has 0 unspecified atom stereocenters. The molecule has 0 radical (unpaired) electrons. The highest BCUT2D eigenvalue weighted by Crippen LogP contribution is 2.26. The maximum absolute atomic E-state index is 14.7. The van der Waals surface area contributed by atoms with Crippen LogP contribution in [0, 0.1) is 58.2 Å². The number of hydrazone groups is 1. The molecule has 1 aliphatic heterocycles. The molecule has 0 amide bonds. The maximum atomic E-state index is 14.7. The van der Waals surface area contributed by atoms with Gasteiger partial charge in [-0.25, -0.2) is 43.9 Å². The number of hydrogen-bond acceptors (Lipinski definition) is 3. The molecule has 0 atom stereocenters. The standard InChI is InChI=1S/C19H6BF10N2O/c21-9-7(10(22)14(26)17(29)13(9)25)20(8-11(23)15(27)18(30)16(28)12(8)24)32-31-19(33-20)6-4-2-1-3-5-6/h1-5,32H/q-1. The molecular formula is C19H6BF10N2O-. The van der Waals surface area contributed by atoms with Crippen molar-refractivity contribution in [3.05, 3.63) is 94.1 Å². The van der Waals surface area contributed by atoms with Gasteiger partial charge in [0.05, 0.1) is 0 Å². The smallest absolute Gasteiger partial charge is 0.346 e. The van der Waals surface area contributed by atoms with Crippen LogP contribution >= 0.6 is 0 Å². The Kier molecular flexibility index (Phi) is 5.25. The van der Waals surface area contributed by atoms with Crippen LogP contribution in [0.3, 0.4) is 0 Å². The first kappa shape index (κ1) is 22.5. The molecule has 172 valence electrons. The molecule has 0 bridgehead atoms. The van der Waals surface area contributed by atoms with Gasteiger partial charge in [0.15, 0.2) is 40.8 Å². The molecule has 1 heterocycles. The van der Waals surface area contributed by atoms with Crippen LogP contribution in [0.25, 0.3) is 0 Å². The number of benzene rings is 3. The normalized spacial score (nSPS) is 14.7. The van der Waals surface area contributed by atoms with Crippen molar-refractivity contribution in [1.29, 1.82) is 0 Å². The molecule has 3 nitrogen and oxygen atoms in total. The highest BCUT2D eigenvalue weighted by molar-refractivity contribution is 6.97. The van der Waals surface area contributed by atoms with Crippen molar-refractivity contribution in [2.75, 3.05) is 0 Å². The summed E-state index contributed by atoms with van der Waals surface area (Å²) in [6.45, 7) is -4.60. The summed E-state index contributed by atoms with van der Waals surface area (Å²) < 4.78 is 147. The molecular weight excluding hydrogens is 473 g/mol. The average molecular weight is 479 g/mol. The van der Waals surface area contributed by atoms with E-state index in [2.05, 4.69) is 5.10 Å². The number of rotatable bonds is 3. The van der Waals surface area contributed by atoms with Crippen LogP contribution in [-0.4, -0.2) is 12.4 Å². The fourth-order valence-corrected chi connectivity index (χ4v) is 3.43. The van der Waals surface area contributed by atoms with Gasteiger partial charge in [-0.15, -0.1) is 0 Å². The van der Waals surface area contributed by atoms with Crippen molar-refractivity contribution in [2.24, 2.45) is 5.10 Å². The Morgan fingerprint density at radius 1 is 0.545 bits per heavy atom. The van der Waals surface area contributed by atoms with E-state index in [1.807, 2.05) is 0 Å². The first-order valence-corrected chi connectivity index (χ1v) is 8.80. The van der Waals surface area contributed by atoms with Gasteiger partial charge in [-0.3, -0.25) is 0 Å². The van der Waals surface area contributed by atoms with Gasteiger partial charge in [0.2, 0.25) is 0 Å².